The number of hydrogen-bond acceptors (Lipinski definition) is 0. The van der Waals surface area contributed by atoms with Crippen LogP contribution in [0.25, 0.3) is 12.2 Å². The first-order valence-electron chi connectivity index (χ1n) is 11.5. The maximum absolute atomic E-state index is 4.17. The molecular weight excluding hydrogens is 499 g/mol. The molecule has 4 aromatic rings. The van der Waals surface area contributed by atoms with Gasteiger partial charge in [-0.3, -0.25) is 0 Å². The van der Waals surface area contributed by atoms with Gasteiger partial charge in [-0.2, -0.15) is 0 Å². The molecule has 0 saturated carbocycles. The maximum Gasteiger partial charge on any atom is -1.00 e. The number of hydrogen-bond donors (Lipinski definition) is 0. The molecular formula is C31H28ClZr-2. The van der Waals surface area contributed by atoms with E-state index in [1.807, 2.05) is 0 Å². The molecule has 0 heterocycles. The van der Waals surface area contributed by atoms with Crippen molar-refractivity contribution in [2.45, 2.75) is 11.9 Å². The van der Waals surface area contributed by atoms with Gasteiger partial charge in [0.1, 0.15) is 0 Å². The summed E-state index contributed by atoms with van der Waals surface area (Å²) in [5.41, 5.74) is 5.74. The molecule has 0 fully saturated rings. The molecule has 33 heavy (non-hydrogen) atoms. The minimum absolute atomic E-state index is 0. The number of halogens is 1. The molecule has 2 aliphatic carbocycles. The zero-order valence-corrected chi connectivity index (χ0v) is 21.9. The normalized spacial score (nSPS) is 19.2. The van der Waals surface area contributed by atoms with E-state index in [-0.39, 0.29) is 13.8 Å². The molecule has 6 rings (SSSR count). The van der Waals surface area contributed by atoms with E-state index in [1.165, 1.54) is 22.3 Å². The molecule has 0 nitrogen and oxygen atoms in total. The Morgan fingerprint density at radius 1 is 0.515 bits per heavy atom. The second-order valence-electron chi connectivity index (χ2n) is 9.61. The van der Waals surface area contributed by atoms with Gasteiger partial charge in [-0.25, -0.2) is 0 Å². The van der Waals surface area contributed by atoms with Crippen molar-refractivity contribution in [3.05, 3.63) is 144 Å². The van der Waals surface area contributed by atoms with Gasteiger partial charge in [0.15, 0.2) is 0 Å². The average molecular weight is 527 g/mol. The van der Waals surface area contributed by atoms with Crippen molar-refractivity contribution in [1.82, 2.24) is 0 Å². The van der Waals surface area contributed by atoms with E-state index in [0.717, 1.165) is 0 Å². The van der Waals surface area contributed by atoms with E-state index < -0.39 is 18.8 Å². The van der Waals surface area contributed by atoms with Gasteiger partial charge in [-0.1, -0.05) is 0 Å². The zero-order chi connectivity index (χ0) is 21.6. The third-order valence-electron chi connectivity index (χ3n) is 8.28. The number of rotatable bonds is 4. The number of fused-ring (bicyclic) bond motifs is 2. The molecule has 2 aliphatic rings. The minimum atomic E-state index is -4.17. The van der Waals surface area contributed by atoms with Gasteiger partial charge in [0.2, 0.25) is 0 Å². The van der Waals surface area contributed by atoms with Gasteiger partial charge in [0.05, 0.1) is 0 Å². The summed E-state index contributed by atoms with van der Waals surface area (Å²) >= 11 is -4.17. The third-order valence-corrected chi connectivity index (χ3v) is 27.8. The van der Waals surface area contributed by atoms with Crippen molar-refractivity contribution in [3.63, 3.8) is 0 Å². The monoisotopic (exact) mass is 525 g/mol. The fourth-order valence-electron chi connectivity index (χ4n) is 6.64. The summed E-state index contributed by atoms with van der Waals surface area (Å²) in [5, 5.41) is 0. The van der Waals surface area contributed by atoms with Crippen LogP contribution in [0.1, 0.15) is 30.9 Å². The summed E-state index contributed by atoms with van der Waals surface area (Å²) in [6.07, 6.45) is 9.80. The quantitative estimate of drug-likeness (QED) is 0.376. The van der Waals surface area contributed by atoms with Gasteiger partial charge in [0, 0.05) is 0 Å². The number of allylic oxidation sites excluding steroid dienone is 2. The molecule has 165 valence electrons. The largest absolute Gasteiger partial charge is 1.00 e. The second-order valence-corrected chi connectivity index (χ2v) is 25.1. The van der Waals surface area contributed by atoms with Crippen LogP contribution in [0.3, 0.4) is 0 Å². The molecule has 0 saturated heterocycles. The Kier molecular flexibility index (Phi) is 5.68. The fourth-order valence-corrected chi connectivity index (χ4v) is 25.4. The van der Waals surface area contributed by atoms with E-state index >= 15 is 0 Å². The topological polar surface area (TPSA) is 0 Å². The number of benzene rings is 4. The molecule has 2 unspecified atom stereocenters. The van der Waals surface area contributed by atoms with Crippen molar-refractivity contribution in [2.24, 2.45) is 0 Å². The Balaban J connectivity index is 0.00000137. The first-order valence-corrected chi connectivity index (χ1v) is 19.3. The van der Waals surface area contributed by atoms with E-state index in [2.05, 4.69) is 138 Å². The smallest absolute Gasteiger partial charge is 1.00 e. The summed E-state index contributed by atoms with van der Waals surface area (Å²) in [5.74, 6) is 0. The summed E-state index contributed by atoms with van der Waals surface area (Å²) < 4.78 is 6.62. The molecule has 0 spiro atoms. The van der Waals surface area contributed by atoms with E-state index in [4.69, 9.17) is 0 Å². The van der Waals surface area contributed by atoms with Crippen LogP contribution in [0.15, 0.2) is 121 Å². The van der Waals surface area contributed by atoms with Crippen LogP contribution in [0, 0.1) is 0 Å². The van der Waals surface area contributed by atoms with Gasteiger partial charge in [0.25, 0.3) is 0 Å². The molecule has 2 heteroatoms. The van der Waals surface area contributed by atoms with Crippen LogP contribution in [-0.4, -0.2) is 0 Å². The van der Waals surface area contributed by atoms with E-state index in [1.54, 1.807) is 6.54 Å². The van der Waals surface area contributed by atoms with Crippen LogP contribution in [0.4, 0.5) is 0 Å². The maximum atomic E-state index is 2.71. The van der Waals surface area contributed by atoms with Gasteiger partial charge < -0.3 is 13.8 Å². The standard InChI is InChI=1S/2C9H7.2C6H5.CH3.ClH.Zr.H/c2*1-2-5-9-7-3-6-8(9)4-1;2*1-2-4-6-5-3-1;;;;/h2*1-7H;2*1-5H;1H3;1H;;/q;;;;;;;-1/p-1. The van der Waals surface area contributed by atoms with Gasteiger partial charge in [-0.05, 0) is 0 Å². The minimum Gasteiger partial charge on any atom is -1.00 e. The summed E-state index contributed by atoms with van der Waals surface area (Å²) in [6.45, 7) is 0. The first-order chi connectivity index (χ1) is 15.7. The second kappa shape index (κ2) is 8.39. The van der Waals surface area contributed by atoms with Gasteiger partial charge in [-0.15, -0.1) is 0 Å². The SMILES string of the molecule is [CH3][Zr]([c]1ccccc1)([c]1ccccc1)([CH]1C=Cc2ccccc21)[CH]1C=Cc2ccccc21.[Cl-].[H-]. The Hall–Kier alpha value is -2.47. The Labute approximate surface area is 205 Å². The van der Waals surface area contributed by atoms with Crippen molar-refractivity contribution >= 4 is 18.7 Å². The first kappa shape index (κ1) is 22.3. The van der Waals surface area contributed by atoms with E-state index in [9.17, 15) is 0 Å². The molecule has 0 aliphatic heterocycles. The summed E-state index contributed by atoms with van der Waals surface area (Å²) in [6, 6.07) is 41.0. The van der Waals surface area contributed by atoms with Crippen molar-refractivity contribution < 1.29 is 32.6 Å². The van der Waals surface area contributed by atoms with Crippen LogP contribution < -0.4 is 18.9 Å². The molecule has 2 atom stereocenters. The van der Waals surface area contributed by atoms with Crippen molar-refractivity contribution in [3.8, 4) is 0 Å². The Morgan fingerprint density at radius 2 is 0.879 bits per heavy atom. The predicted molar refractivity (Wildman–Crippen MR) is 136 cm³/mol. The summed E-state index contributed by atoms with van der Waals surface area (Å²) in [7, 11) is 0. The molecule has 0 aromatic heterocycles. The van der Waals surface area contributed by atoms with Crippen molar-refractivity contribution in [1.29, 1.82) is 0 Å². The molecule has 0 N–H and O–H groups in total. The van der Waals surface area contributed by atoms with E-state index in [0.29, 0.717) is 7.25 Å². The zero-order valence-electron chi connectivity index (χ0n) is 19.7. The van der Waals surface area contributed by atoms with Crippen LogP contribution in [0.5, 0.6) is 0 Å². The average Bonchev–Trinajstić information content (AvgIpc) is 3.50. The van der Waals surface area contributed by atoms with Crippen LogP contribution in [-0.2, 0) is 18.8 Å². The third kappa shape index (κ3) is 3.06. The summed E-state index contributed by atoms with van der Waals surface area (Å²) in [4.78, 5) is 0. The Bertz CT molecular complexity index is 1260. The van der Waals surface area contributed by atoms with Crippen LogP contribution >= 0.6 is 0 Å². The molecule has 0 radical (unpaired) electrons. The van der Waals surface area contributed by atoms with Crippen LogP contribution in [0.2, 0.25) is 4.63 Å². The van der Waals surface area contributed by atoms with Crippen molar-refractivity contribution in [2.75, 3.05) is 0 Å². The Morgan fingerprint density at radius 3 is 1.30 bits per heavy atom. The molecule has 0 amide bonds. The van der Waals surface area contributed by atoms with Gasteiger partial charge >= 0.3 is 193 Å². The molecule has 0 bridgehead atoms. The predicted octanol–water partition coefficient (Wildman–Crippen LogP) is 4.03. The molecule has 4 aromatic carbocycles. The fraction of sp³-hybridized carbons (Fsp3) is 0.0968.